The zero-order valence-corrected chi connectivity index (χ0v) is 8.77. The van der Waals surface area contributed by atoms with Crippen LogP contribution in [0.2, 0.25) is 0 Å². The summed E-state index contributed by atoms with van der Waals surface area (Å²) in [6.07, 6.45) is -0.395. The second-order valence-electron chi connectivity index (χ2n) is 4.40. The fourth-order valence-corrected chi connectivity index (χ4v) is 2.07. The molecular formula is C12H17NO. The summed E-state index contributed by atoms with van der Waals surface area (Å²) in [6, 6.07) is 8.13. The third-order valence-corrected chi connectivity index (χ3v) is 2.65. The van der Waals surface area contributed by atoms with Crippen LogP contribution in [0.25, 0.3) is 0 Å². The first-order valence-electron chi connectivity index (χ1n) is 5.18. The molecule has 76 valence electrons. The molecule has 14 heavy (non-hydrogen) atoms. The van der Waals surface area contributed by atoms with Gasteiger partial charge in [-0.05, 0) is 17.0 Å². The maximum absolute atomic E-state index is 10.0. The first-order chi connectivity index (χ1) is 6.68. The Labute approximate surface area is 85.2 Å². The van der Waals surface area contributed by atoms with Gasteiger partial charge >= 0.3 is 0 Å². The average molecular weight is 191 g/mol. The first-order valence-corrected chi connectivity index (χ1v) is 5.18. The van der Waals surface area contributed by atoms with Crippen molar-refractivity contribution in [1.82, 2.24) is 4.90 Å². The van der Waals surface area contributed by atoms with E-state index in [9.17, 15) is 5.11 Å². The molecule has 1 N–H and O–H groups in total. The second kappa shape index (κ2) is 3.71. The summed E-state index contributed by atoms with van der Waals surface area (Å²) in [5.41, 5.74) is 2.34. The maximum atomic E-state index is 10.0. The van der Waals surface area contributed by atoms with E-state index in [1.807, 2.05) is 18.2 Å². The number of hydrogen-bond acceptors (Lipinski definition) is 2. The minimum Gasteiger partial charge on any atom is -0.374 e. The molecule has 0 radical (unpaired) electrons. The van der Waals surface area contributed by atoms with Crippen LogP contribution in [-0.4, -0.2) is 16.6 Å². The zero-order chi connectivity index (χ0) is 10.1. The van der Waals surface area contributed by atoms with Crippen molar-refractivity contribution < 1.29 is 5.11 Å². The third kappa shape index (κ3) is 1.68. The molecule has 0 aromatic heterocycles. The first kappa shape index (κ1) is 9.69. The smallest absolute Gasteiger partial charge is 0.134 e. The zero-order valence-electron chi connectivity index (χ0n) is 8.77. The molecule has 0 aliphatic carbocycles. The van der Waals surface area contributed by atoms with Gasteiger partial charge in [0.15, 0.2) is 0 Å². The van der Waals surface area contributed by atoms with Crippen LogP contribution < -0.4 is 0 Å². The Kier molecular flexibility index (Phi) is 2.57. The van der Waals surface area contributed by atoms with Crippen LogP contribution in [0.1, 0.15) is 31.2 Å². The van der Waals surface area contributed by atoms with Crippen molar-refractivity contribution in [3.63, 3.8) is 0 Å². The van der Waals surface area contributed by atoms with E-state index in [4.69, 9.17) is 0 Å². The normalized spacial score (nSPS) is 21.6. The van der Waals surface area contributed by atoms with Gasteiger partial charge in [0, 0.05) is 13.1 Å². The van der Waals surface area contributed by atoms with E-state index < -0.39 is 6.23 Å². The van der Waals surface area contributed by atoms with Crippen LogP contribution in [0.4, 0.5) is 0 Å². The van der Waals surface area contributed by atoms with Crippen LogP contribution in [0.5, 0.6) is 0 Å². The van der Waals surface area contributed by atoms with Crippen molar-refractivity contribution in [2.75, 3.05) is 6.54 Å². The van der Waals surface area contributed by atoms with Crippen molar-refractivity contribution in [2.45, 2.75) is 26.6 Å². The Bertz CT molecular complexity index is 322. The largest absolute Gasteiger partial charge is 0.374 e. The Morgan fingerprint density at radius 1 is 1.43 bits per heavy atom. The highest BCUT2D eigenvalue weighted by Gasteiger charge is 2.27. The minimum atomic E-state index is -0.395. The van der Waals surface area contributed by atoms with Crippen molar-refractivity contribution >= 4 is 0 Å². The number of benzene rings is 1. The molecule has 1 aliphatic heterocycles. The van der Waals surface area contributed by atoms with Gasteiger partial charge in [0.05, 0.1) is 0 Å². The lowest BCUT2D eigenvalue weighted by Crippen LogP contribution is -2.26. The Balaban J connectivity index is 2.17. The summed E-state index contributed by atoms with van der Waals surface area (Å²) in [4.78, 5) is 2.12. The van der Waals surface area contributed by atoms with Gasteiger partial charge in [0.1, 0.15) is 6.23 Å². The summed E-state index contributed by atoms with van der Waals surface area (Å²) < 4.78 is 0. The van der Waals surface area contributed by atoms with E-state index in [0.717, 1.165) is 18.7 Å². The van der Waals surface area contributed by atoms with E-state index in [1.165, 1.54) is 5.56 Å². The van der Waals surface area contributed by atoms with Crippen LogP contribution >= 0.6 is 0 Å². The predicted octanol–water partition coefficient (Wildman–Crippen LogP) is 2.15. The number of aliphatic hydroxyl groups excluding tert-OH is 1. The molecule has 0 bridgehead atoms. The Morgan fingerprint density at radius 3 is 2.79 bits per heavy atom. The van der Waals surface area contributed by atoms with Gasteiger partial charge in [-0.2, -0.15) is 0 Å². The van der Waals surface area contributed by atoms with Crippen molar-refractivity contribution in [1.29, 1.82) is 0 Å². The van der Waals surface area contributed by atoms with Gasteiger partial charge < -0.3 is 5.11 Å². The molecule has 1 aromatic rings. The molecule has 1 aliphatic rings. The van der Waals surface area contributed by atoms with Gasteiger partial charge in [-0.3, -0.25) is 4.90 Å². The maximum Gasteiger partial charge on any atom is 0.134 e. The van der Waals surface area contributed by atoms with E-state index in [1.54, 1.807) is 0 Å². The fraction of sp³-hybridized carbons (Fsp3) is 0.500. The molecule has 1 unspecified atom stereocenters. The number of rotatable bonds is 2. The summed E-state index contributed by atoms with van der Waals surface area (Å²) in [5.74, 6) is 0.596. The van der Waals surface area contributed by atoms with Crippen molar-refractivity contribution in [3.8, 4) is 0 Å². The van der Waals surface area contributed by atoms with Crippen molar-refractivity contribution in [3.05, 3.63) is 35.4 Å². The molecule has 0 saturated carbocycles. The molecule has 2 nitrogen and oxygen atoms in total. The van der Waals surface area contributed by atoms with E-state index in [2.05, 4.69) is 24.8 Å². The topological polar surface area (TPSA) is 23.5 Å². The SMILES string of the molecule is CC(C)CN1Cc2ccccc2C1O. The van der Waals surface area contributed by atoms with E-state index in [0.29, 0.717) is 5.92 Å². The summed E-state index contributed by atoms with van der Waals surface area (Å²) >= 11 is 0. The molecule has 2 rings (SSSR count). The molecule has 2 heteroatoms. The van der Waals surface area contributed by atoms with Gasteiger partial charge in [0.2, 0.25) is 0 Å². The van der Waals surface area contributed by atoms with Crippen LogP contribution in [0, 0.1) is 5.92 Å². The molecule has 0 fully saturated rings. The second-order valence-corrected chi connectivity index (χ2v) is 4.40. The van der Waals surface area contributed by atoms with Crippen LogP contribution in [0.3, 0.4) is 0 Å². The lowest BCUT2D eigenvalue weighted by Gasteiger charge is -2.22. The van der Waals surface area contributed by atoms with Crippen LogP contribution in [0.15, 0.2) is 24.3 Å². The predicted molar refractivity (Wildman–Crippen MR) is 56.6 cm³/mol. The summed E-state index contributed by atoms with van der Waals surface area (Å²) in [7, 11) is 0. The highest BCUT2D eigenvalue weighted by Crippen LogP contribution is 2.31. The van der Waals surface area contributed by atoms with Gasteiger partial charge in [-0.15, -0.1) is 0 Å². The number of hydrogen-bond donors (Lipinski definition) is 1. The monoisotopic (exact) mass is 191 g/mol. The van der Waals surface area contributed by atoms with Crippen molar-refractivity contribution in [2.24, 2.45) is 5.92 Å². The lowest BCUT2D eigenvalue weighted by molar-refractivity contribution is 0.00626. The Hall–Kier alpha value is -0.860. The summed E-state index contributed by atoms with van der Waals surface area (Å²) in [5, 5.41) is 10.0. The number of aliphatic hydroxyl groups is 1. The fourth-order valence-electron chi connectivity index (χ4n) is 2.07. The van der Waals surface area contributed by atoms with Gasteiger partial charge in [-0.1, -0.05) is 38.1 Å². The third-order valence-electron chi connectivity index (χ3n) is 2.65. The highest BCUT2D eigenvalue weighted by molar-refractivity contribution is 5.32. The molecule has 1 aromatic carbocycles. The molecule has 0 saturated heterocycles. The number of fused-ring (bicyclic) bond motifs is 1. The summed E-state index contributed by atoms with van der Waals surface area (Å²) in [6.45, 7) is 6.19. The molecule has 0 spiro atoms. The minimum absolute atomic E-state index is 0.395. The number of nitrogens with zero attached hydrogens (tertiary/aromatic N) is 1. The highest BCUT2D eigenvalue weighted by atomic mass is 16.3. The van der Waals surface area contributed by atoms with Gasteiger partial charge in [0.25, 0.3) is 0 Å². The molecular weight excluding hydrogens is 174 g/mol. The van der Waals surface area contributed by atoms with Crippen LogP contribution in [-0.2, 0) is 6.54 Å². The average Bonchev–Trinajstić information content (AvgIpc) is 2.44. The molecule has 1 heterocycles. The molecule has 1 atom stereocenters. The van der Waals surface area contributed by atoms with E-state index >= 15 is 0 Å². The Morgan fingerprint density at radius 2 is 2.14 bits per heavy atom. The van der Waals surface area contributed by atoms with E-state index in [-0.39, 0.29) is 0 Å². The standard InChI is InChI=1S/C12H17NO/c1-9(2)7-13-8-10-5-3-4-6-11(10)12(13)14/h3-6,9,12,14H,7-8H2,1-2H3. The quantitative estimate of drug-likeness (QED) is 0.774. The lowest BCUT2D eigenvalue weighted by atomic mass is 10.1. The molecule has 0 amide bonds. The van der Waals surface area contributed by atoms with Gasteiger partial charge in [-0.25, -0.2) is 0 Å².